The summed E-state index contributed by atoms with van der Waals surface area (Å²) in [5.74, 6) is -0.317. The summed E-state index contributed by atoms with van der Waals surface area (Å²) in [4.78, 5) is 23.7. The van der Waals surface area contributed by atoms with Crippen molar-refractivity contribution in [2.24, 2.45) is 0 Å². The molecule has 1 heterocycles. The highest BCUT2D eigenvalue weighted by molar-refractivity contribution is 6.04. The van der Waals surface area contributed by atoms with Crippen LogP contribution in [0.5, 0.6) is 0 Å². The van der Waals surface area contributed by atoms with Crippen LogP contribution in [-0.2, 0) is 6.54 Å². The van der Waals surface area contributed by atoms with Crippen LogP contribution in [0.2, 0.25) is 0 Å². The number of anilines is 1. The monoisotopic (exact) mass is 273 g/mol. The maximum atomic E-state index is 12.0. The molecule has 0 atom stereocenters. The topological polar surface area (TPSA) is 98.2 Å². The smallest absolute Gasteiger partial charge is 0.290 e. The summed E-state index contributed by atoms with van der Waals surface area (Å²) in [5.41, 5.74) is 6.23. The van der Waals surface area contributed by atoms with Gasteiger partial charge >= 0.3 is 0 Å². The van der Waals surface area contributed by atoms with Gasteiger partial charge in [-0.15, -0.1) is 0 Å². The number of hydrogen-bond donors (Lipinski definition) is 2. The van der Waals surface area contributed by atoms with Crippen LogP contribution >= 0.6 is 0 Å². The molecular weight excluding hydrogens is 258 g/mol. The summed E-state index contributed by atoms with van der Waals surface area (Å²) >= 11 is 0. The Labute approximate surface area is 115 Å². The van der Waals surface area contributed by atoms with Gasteiger partial charge in [0.1, 0.15) is 11.4 Å². The van der Waals surface area contributed by atoms with Crippen molar-refractivity contribution in [1.82, 2.24) is 9.78 Å². The molecule has 104 valence electrons. The highest BCUT2D eigenvalue weighted by atomic mass is 16.3. The maximum Gasteiger partial charge on any atom is 0.290 e. The van der Waals surface area contributed by atoms with E-state index in [1.165, 1.54) is 6.92 Å². The Balaban J connectivity index is 2.77. The van der Waals surface area contributed by atoms with E-state index in [0.29, 0.717) is 11.3 Å². The lowest BCUT2D eigenvalue weighted by Crippen LogP contribution is -2.30. The van der Waals surface area contributed by atoms with Gasteiger partial charge in [0.15, 0.2) is 5.78 Å². The molecule has 3 N–H and O–H groups in total. The van der Waals surface area contributed by atoms with Crippen LogP contribution in [0.1, 0.15) is 17.3 Å². The highest BCUT2D eigenvalue weighted by Crippen LogP contribution is 2.23. The lowest BCUT2D eigenvalue weighted by atomic mass is 10.0. The molecule has 1 aromatic carbocycles. The molecule has 2 rings (SSSR count). The third kappa shape index (κ3) is 2.46. The van der Waals surface area contributed by atoms with E-state index in [9.17, 15) is 9.59 Å². The van der Waals surface area contributed by atoms with Crippen molar-refractivity contribution >= 4 is 11.5 Å². The van der Waals surface area contributed by atoms with Gasteiger partial charge in [0.05, 0.1) is 18.7 Å². The second kappa shape index (κ2) is 5.66. The van der Waals surface area contributed by atoms with E-state index in [1.54, 1.807) is 24.3 Å². The number of benzene rings is 1. The number of aromatic nitrogens is 2. The van der Waals surface area contributed by atoms with Crippen molar-refractivity contribution in [2.75, 3.05) is 12.3 Å². The Morgan fingerprint density at radius 1 is 1.35 bits per heavy atom. The number of hydrogen-bond acceptors (Lipinski definition) is 5. The summed E-state index contributed by atoms with van der Waals surface area (Å²) in [5, 5.41) is 13.1. The van der Waals surface area contributed by atoms with Crippen LogP contribution < -0.4 is 11.3 Å². The van der Waals surface area contributed by atoms with Gasteiger partial charge in [-0.3, -0.25) is 9.59 Å². The third-order valence-corrected chi connectivity index (χ3v) is 2.90. The number of aliphatic hydroxyl groups is 1. The van der Waals surface area contributed by atoms with Crippen LogP contribution in [0.3, 0.4) is 0 Å². The molecule has 6 nitrogen and oxygen atoms in total. The normalized spacial score (nSPS) is 10.5. The average molecular weight is 273 g/mol. The third-order valence-electron chi connectivity index (χ3n) is 2.90. The molecule has 0 aliphatic heterocycles. The van der Waals surface area contributed by atoms with Gasteiger partial charge in [-0.1, -0.05) is 30.3 Å². The SMILES string of the molecule is CC(=O)c1c(-c2ccccc2)nn(CCO)c(=O)c1N. The number of carbonyl (C=O) groups is 1. The first-order chi connectivity index (χ1) is 9.56. The Morgan fingerprint density at radius 3 is 2.55 bits per heavy atom. The predicted octanol–water partition coefficient (Wildman–Crippen LogP) is 0.687. The van der Waals surface area contributed by atoms with Crippen LogP contribution in [-0.4, -0.2) is 27.3 Å². The molecule has 0 unspecified atom stereocenters. The Morgan fingerprint density at radius 2 is 2.00 bits per heavy atom. The summed E-state index contributed by atoms with van der Waals surface area (Å²) in [7, 11) is 0. The zero-order valence-electron chi connectivity index (χ0n) is 11.0. The van der Waals surface area contributed by atoms with Gasteiger partial charge in [-0.2, -0.15) is 5.10 Å². The van der Waals surface area contributed by atoms with Gasteiger partial charge in [0, 0.05) is 5.56 Å². The number of carbonyl (C=O) groups excluding carboxylic acids is 1. The van der Waals surface area contributed by atoms with Crippen molar-refractivity contribution in [3.8, 4) is 11.3 Å². The van der Waals surface area contributed by atoms with Crippen LogP contribution in [0, 0.1) is 0 Å². The fourth-order valence-electron chi connectivity index (χ4n) is 1.99. The molecule has 1 aromatic heterocycles. The first kappa shape index (κ1) is 14.0. The Hall–Kier alpha value is -2.47. The van der Waals surface area contributed by atoms with Crippen LogP contribution in [0.15, 0.2) is 35.1 Å². The van der Waals surface area contributed by atoms with Crippen LogP contribution in [0.4, 0.5) is 5.69 Å². The second-order valence-electron chi connectivity index (χ2n) is 4.31. The maximum absolute atomic E-state index is 12.0. The molecule has 2 aromatic rings. The van der Waals surface area contributed by atoms with E-state index >= 15 is 0 Å². The largest absolute Gasteiger partial charge is 0.394 e. The minimum absolute atomic E-state index is 0.0288. The summed E-state index contributed by atoms with van der Waals surface area (Å²) in [6.07, 6.45) is 0. The molecule has 0 aliphatic carbocycles. The lowest BCUT2D eigenvalue weighted by molar-refractivity contribution is 0.101. The van der Waals surface area contributed by atoms with Crippen molar-refractivity contribution in [3.63, 3.8) is 0 Å². The fourth-order valence-corrected chi connectivity index (χ4v) is 1.99. The molecule has 6 heteroatoms. The first-order valence-electron chi connectivity index (χ1n) is 6.14. The number of nitrogens with two attached hydrogens (primary N) is 1. The van der Waals surface area contributed by atoms with Crippen molar-refractivity contribution in [3.05, 3.63) is 46.2 Å². The molecular formula is C14H15N3O3. The van der Waals surface area contributed by atoms with E-state index in [-0.39, 0.29) is 30.2 Å². The number of Topliss-reactive ketones (excluding diaryl/α,β-unsaturated/α-hetero) is 1. The van der Waals surface area contributed by atoms with E-state index < -0.39 is 5.56 Å². The second-order valence-corrected chi connectivity index (χ2v) is 4.31. The molecule has 0 bridgehead atoms. The van der Waals surface area contributed by atoms with Gasteiger partial charge in [-0.25, -0.2) is 4.68 Å². The summed E-state index contributed by atoms with van der Waals surface area (Å²) in [6.45, 7) is 1.14. The number of rotatable bonds is 4. The number of ketones is 1. The van der Waals surface area contributed by atoms with Gasteiger partial charge in [0.25, 0.3) is 5.56 Å². The lowest BCUT2D eigenvalue weighted by Gasteiger charge is -2.12. The quantitative estimate of drug-likeness (QED) is 0.798. The van der Waals surface area contributed by atoms with Crippen molar-refractivity contribution in [2.45, 2.75) is 13.5 Å². The van der Waals surface area contributed by atoms with Gasteiger partial charge in [-0.05, 0) is 6.92 Å². The summed E-state index contributed by atoms with van der Waals surface area (Å²) < 4.78 is 1.07. The van der Waals surface area contributed by atoms with Crippen LogP contribution in [0.25, 0.3) is 11.3 Å². The zero-order chi connectivity index (χ0) is 14.7. The molecule has 0 saturated carbocycles. The molecule has 0 fully saturated rings. The number of aliphatic hydroxyl groups excluding tert-OH is 1. The predicted molar refractivity (Wildman–Crippen MR) is 75.4 cm³/mol. The average Bonchev–Trinajstić information content (AvgIpc) is 2.44. The van der Waals surface area contributed by atoms with Gasteiger partial charge < -0.3 is 10.8 Å². The molecule has 20 heavy (non-hydrogen) atoms. The van der Waals surface area contributed by atoms with Crippen molar-refractivity contribution in [1.29, 1.82) is 0 Å². The standard InChI is InChI=1S/C14H15N3O3/c1-9(19)11-12(15)14(20)17(7-8-18)16-13(11)10-5-3-2-4-6-10/h2-6,18H,7-8,15H2,1H3. The molecule has 0 saturated heterocycles. The number of nitrogen functional groups attached to an aromatic ring is 1. The molecule has 0 aliphatic rings. The molecule has 0 radical (unpaired) electrons. The van der Waals surface area contributed by atoms with Gasteiger partial charge in [0.2, 0.25) is 0 Å². The molecule has 0 amide bonds. The summed E-state index contributed by atoms with van der Waals surface area (Å²) in [6, 6.07) is 9.01. The minimum Gasteiger partial charge on any atom is -0.394 e. The Bertz CT molecular complexity index is 693. The van der Waals surface area contributed by atoms with E-state index in [2.05, 4.69) is 5.10 Å². The van der Waals surface area contributed by atoms with E-state index in [0.717, 1.165) is 4.68 Å². The van der Waals surface area contributed by atoms with E-state index in [1.807, 2.05) is 6.07 Å². The fraction of sp³-hybridized carbons (Fsp3) is 0.214. The molecule has 0 spiro atoms. The minimum atomic E-state index is -0.566. The van der Waals surface area contributed by atoms with Crippen molar-refractivity contribution < 1.29 is 9.90 Å². The Kier molecular flexibility index (Phi) is 3.95. The number of nitrogens with zero attached hydrogens (tertiary/aromatic N) is 2. The van der Waals surface area contributed by atoms with E-state index in [4.69, 9.17) is 10.8 Å². The highest BCUT2D eigenvalue weighted by Gasteiger charge is 2.19. The first-order valence-corrected chi connectivity index (χ1v) is 6.14. The zero-order valence-corrected chi connectivity index (χ0v) is 11.0.